The molecular formula is C24H19N3O2S. The van der Waals surface area contributed by atoms with E-state index in [1.807, 2.05) is 78.8 Å². The number of carbonyl (C=O) groups excluding carboxylic acids is 1. The molecule has 0 saturated heterocycles. The summed E-state index contributed by atoms with van der Waals surface area (Å²) in [6.45, 7) is 0. The van der Waals surface area contributed by atoms with Gasteiger partial charge in [0.25, 0.3) is 5.91 Å². The van der Waals surface area contributed by atoms with Gasteiger partial charge >= 0.3 is 0 Å². The van der Waals surface area contributed by atoms with Crippen LogP contribution in [0, 0.1) is 0 Å². The van der Waals surface area contributed by atoms with Crippen molar-refractivity contribution in [3.8, 4) is 11.5 Å². The van der Waals surface area contributed by atoms with Crippen LogP contribution in [-0.2, 0) is 5.75 Å². The first-order valence-electron chi connectivity index (χ1n) is 9.63. The van der Waals surface area contributed by atoms with Crippen LogP contribution in [0.1, 0.15) is 27.0 Å². The van der Waals surface area contributed by atoms with E-state index in [0.717, 1.165) is 28.4 Å². The lowest BCUT2D eigenvalue weighted by atomic mass is 10.2. The summed E-state index contributed by atoms with van der Waals surface area (Å²) in [6.07, 6.45) is 5.70. The van der Waals surface area contributed by atoms with Crippen molar-refractivity contribution < 1.29 is 9.53 Å². The zero-order valence-corrected chi connectivity index (χ0v) is 16.9. The van der Waals surface area contributed by atoms with Crippen LogP contribution in [-0.4, -0.2) is 15.5 Å². The standard InChI is InChI=1S/C24H19N3O2S/c28-23(17-6-4-10-20(14-17)29-19-8-2-1-3-9-19)26-21-11-13-27-22(21)16-30-24(27)18-7-5-12-25-15-18/h1-15,24H,16H2,(H,26,28). The highest BCUT2D eigenvalue weighted by molar-refractivity contribution is 7.99. The van der Waals surface area contributed by atoms with Gasteiger partial charge in [-0.05, 0) is 42.5 Å². The normalized spacial score (nSPS) is 14.9. The Morgan fingerprint density at radius 2 is 1.90 bits per heavy atom. The van der Waals surface area contributed by atoms with Gasteiger partial charge in [-0.15, -0.1) is 11.8 Å². The number of para-hydroxylation sites is 1. The topological polar surface area (TPSA) is 56.2 Å². The Morgan fingerprint density at radius 1 is 1.03 bits per heavy atom. The Morgan fingerprint density at radius 3 is 2.73 bits per heavy atom. The summed E-state index contributed by atoms with van der Waals surface area (Å²) in [5, 5.41) is 3.24. The third kappa shape index (κ3) is 3.69. The first-order valence-corrected chi connectivity index (χ1v) is 10.7. The zero-order chi connectivity index (χ0) is 20.3. The minimum atomic E-state index is -0.155. The van der Waals surface area contributed by atoms with Crippen LogP contribution in [0.4, 0.5) is 5.69 Å². The summed E-state index contributed by atoms with van der Waals surface area (Å²) in [7, 11) is 0. The number of aromatic nitrogens is 2. The van der Waals surface area contributed by atoms with Crippen molar-refractivity contribution >= 4 is 23.4 Å². The van der Waals surface area contributed by atoms with Crippen molar-refractivity contribution in [2.75, 3.05) is 5.32 Å². The number of pyridine rings is 1. The molecule has 1 aliphatic heterocycles. The number of nitrogens with one attached hydrogen (secondary N) is 1. The fourth-order valence-electron chi connectivity index (χ4n) is 3.50. The number of rotatable bonds is 5. The molecule has 0 saturated carbocycles. The van der Waals surface area contributed by atoms with Crippen LogP contribution in [0.15, 0.2) is 91.4 Å². The van der Waals surface area contributed by atoms with E-state index >= 15 is 0 Å². The number of thioether (sulfide) groups is 1. The highest BCUT2D eigenvalue weighted by Gasteiger charge is 2.27. The van der Waals surface area contributed by atoms with Crippen LogP contribution in [0.3, 0.4) is 0 Å². The van der Waals surface area contributed by atoms with Crippen molar-refractivity contribution in [1.29, 1.82) is 0 Å². The van der Waals surface area contributed by atoms with E-state index in [1.54, 1.807) is 18.3 Å². The Bertz CT molecular complexity index is 1180. The lowest BCUT2D eigenvalue weighted by molar-refractivity contribution is 0.102. The fourth-order valence-corrected chi connectivity index (χ4v) is 4.81. The third-order valence-electron chi connectivity index (χ3n) is 4.95. The molecule has 2 aromatic carbocycles. The molecule has 30 heavy (non-hydrogen) atoms. The van der Waals surface area contributed by atoms with E-state index in [0.29, 0.717) is 11.3 Å². The molecule has 0 fully saturated rings. The maximum atomic E-state index is 12.9. The minimum absolute atomic E-state index is 0.155. The van der Waals surface area contributed by atoms with E-state index in [1.165, 1.54) is 0 Å². The first kappa shape index (κ1) is 18.5. The largest absolute Gasteiger partial charge is 0.457 e. The van der Waals surface area contributed by atoms with Gasteiger partial charge in [-0.2, -0.15) is 0 Å². The molecule has 1 N–H and O–H groups in total. The minimum Gasteiger partial charge on any atom is -0.457 e. The Kier molecular flexibility index (Phi) is 4.99. The van der Waals surface area contributed by atoms with Crippen molar-refractivity contribution in [2.24, 2.45) is 0 Å². The van der Waals surface area contributed by atoms with Crippen LogP contribution in [0.25, 0.3) is 0 Å². The number of anilines is 1. The molecular weight excluding hydrogens is 394 g/mol. The van der Waals surface area contributed by atoms with Gasteiger partial charge in [0, 0.05) is 35.5 Å². The molecule has 0 bridgehead atoms. The number of fused-ring (bicyclic) bond motifs is 1. The van der Waals surface area contributed by atoms with Gasteiger partial charge in [-0.25, -0.2) is 0 Å². The van der Waals surface area contributed by atoms with Crippen LogP contribution in [0.2, 0.25) is 0 Å². The van der Waals surface area contributed by atoms with E-state index < -0.39 is 0 Å². The number of nitrogens with zero attached hydrogens (tertiary/aromatic N) is 2. The molecule has 0 aliphatic carbocycles. The molecule has 2 aromatic heterocycles. The molecule has 1 amide bonds. The molecule has 148 valence electrons. The second-order valence-electron chi connectivity index (χ2n) is 6.93. The van der Waals surface area contributed by atoms with Crippen LogP contribution < -0.4 is 10.1 Å². The highest BCUT2D eigenvalue weighted by atomic mass is 32.2. The maximum Gasteiger partial charge on any atom is 0.255 e. The number of hydrogen-bond donors (Lipinski definition) is 1. The monoisotopic (exact) mass is 413 g/mol. The van der Waals surface area contributed by atoms with Crippen molar-refractivity contribution in [2.45, 2.75) is 11.1 Å². The first-order chi connectivity index (χ1) is 14.8. The fraction of sp³-hybridized carbons (Fsp3) is 0.0833. The summed E-state index contributed by atoms with van der Waals surface area (Å²) in [4.78, 5) is 17.1. The summed E-state index contributed by atoms with van der Waals surface area (Å²) in [5.74, 6) is 2.04. The second-order valence-corrected chi connectivity index (χ2v) is 8.00. The third-order valence-corrected chi connectivity index (χ3v) is 6.20. The number of hydrogen-bond acceptors (Lipinski definition) is 4. The zero-order valence-electron chi connectivity index (χ0n) is 16.1. The molecule has 6 heteroatoms. The van der Waals surface area contributed by atoms with E-state index in [2.05, 4.69) is 20.9 Å². The average Bonchev–Trinajstić information content (AvgIpc) is 3.38. The van der Waals surface area contributed by atoms with Crippen molar-refractivity contribution in [1.82, 2.24) is 9.55 Å². The number of amides is 1. The Hall–Kier alpha value is -3.51. The summed E-state index contributed by atoms with van der Waals surface area (Å²) >= 11 is 1.82. The molecule has 0 radical (unpaired) electrons. The van der Waals surface area contributed by atoms with Gasteiger partial charge < -0.3 is 14.6 Å². The summed E-state index contributed by atoms with van der Waals surface area (Å²) in [5.41, 5.74) is 3.66. The Balaban J connectivity index is 1.33. The van der Waals surface area contributed by atoms with Gasteiger partial charge in [-0.1, -0.05) is 30.3 Å². The molecule has 3 heterocycles. The molecule has 5 nitrogen and oxygen atoms in total. The second kappa shape index (κ2) is 8.08. The van der Waals surface area contributed by atoms with Gasteiger partial charge in [0.05, 0.1) is 11.4 Å². The molecule has 4 aromatic rings. The van der Waals surface area contributed by atoms with Gasteiger partial charge in [0.2, 0.25) is 0 Å². The predicted octanol–water partition coefficient (Wildman–Crippen LogP) is 5.72. The number of benzene rings is 2. The van der Waals surface area contributed by atoms with Crippen LogP contribution >= 0.6 is 11.8 Å². The quantitative estimate of drug-likeness (QED) is 0.455. The smallest absolute Gasteiger partial charge is 0.255 e. The molecule has 1 unspecified atom stereocenters. The predicted molar refractivity (Wildman–Crippen MR) is 119 cm³/mol. The van der Waals surface area contributed by atoms with Crippen molar-refractivity contribution in [3.05, 3.63) is 108 Å². The van der Waals surface area contributed by atoms with E-state index in [-0.39, 0.29) is 11.3 Å². The van der Waals surface area contributed by atoms with Crippen LogP contribution in [0.5, 0.6) is 11.5 Å². The number of ether oxygens (including phenoxy) is 1. The number of carbonyl (C=O) groups is 1. The molecule has 5 rings (SSSR count). The maximum absolute atomic E-state index is 12.9. The van der Waals surface area contributed by atoms with Gasteiger partial charge in [0.15, 0.2) is 0 Å². The lowest BCUT2D eigenvalue weighted by Gasteiger charge is -2.12. The van der Waals surface area contributed by atoms with Gasteiger partial charge in [-0.3, -0.25) is 9.78 Å². The highest BCUT2D eigenvalue weighted by Crippen LogP contribution is 2.43. The summed E-state index contributed by atoms with van der Waals surface area (Å²) < 4.78 is 8.05. The molecule has 1 aliphatic rings. The SMILES string of the molecule is O=C(Nc1ccn2c1CSC2c1cccnc1)c1cccc(Oc2ccccc2)c1. The lowest BCUT2D eigenvalue weighted by Crippen LogP contribution is -2.12. The molecule has 0 spiro atoms. The van der Waals surface area contributed by atoms with Gasteiger partial charge in [0.1, 0.15) is 16.9 Å². The average molecular weight is 414 g/mol. The van der Waals surface area contributed by atoms with E-state index in [4.69, 9.17) is 4.74 Å². The molecule has 1 atom stereocenters. The Labute approximate surface area is 178 Å². The van der Waals surface area contributed by atoms with Crippen molar-refractivity contribution in [3.63, 3.8) is 0 Å². The summed E-state index contributed by atoms with van der Waals surface area (Å²) in [6, 6.07) is 22.7. The van der Waals surface area contributed by atoms with E-state index in [9.17, 15) is 4.79 Å².